The lowest BCUT2D eigenvalue weighted by Gasteiger charge is -2.09. The molecule has 104 valence electrons. The summed E-state index contributed by atoms with van der Waals surface area (Å²) in [5.74, 6) is -0.139. The predicted molar refractivity (Wildman–Crippen MR) is 73.5 cm³/mol. The van der Waals surface area contributed by atoms with Gasteiger partial charge in [0.1, 0.15) is 17.4 Å². The Balaban J connectivity index is 2.88. The highest BCUT2D eigenvalue weighted by molar-refractivity contribution is 6.08. The summed E-state index contributed by atoms with van der Waals surface area (Å²) >= 11 is 0. The Labute approximate surface area is 116 Å². The van der Waals surface area contributed by atoms with E-state index in [0.29, 0.717) is 11.3 Å². The van der Waals surface area contributed by atoms with Crippen molar-refractivity contribution < 1.29 is 14.3 Å². The fourth-order valence-electron chi connectivity index (χ4n) is 1.41. The van der Waals surface area contributed by atoms with Gasteiger partial charge in [-0.25, -0.2) is 4.79 Å². The molecule has 0 aromatic heterocycles. The largest absolute Gasteiger partial charge is 0.491 e. The molecule has 0 unspecified atom stereocenters. The lowest BCUT2D eigenvalue weighted by atomic mass is 10.1. The summed E-state index contributed by atoms with van der Waals surface area (Å²) in [6.07, 6.45) is 1.42. The number of rotatable bonds is 4. The van der Waals surface area contributed by atoms with Crippen LogP contribution in [-0.4, -0.2) is 18.0 Å². The van der Waals surface area contributed by atoms with Gasteiger partial charge in [-0.2, -0.15) is 5.26 Å². The molecule has 1 aromatic carbocycles. The SMILES string of the molecule is CC(C)Oc1ccc(/C=C(/C#N)C(=O)NC(N)=O)cc1. The zero-order valence-corrected chi connectivity index (χ0v) is 11.2. The van der Waals surface area contributed by atoms with Crippen molar-refractivity contribution in [2.24, 2.45) is 5.73 Å². The zero-order valence-electron chi connectivity index (χ0n) is 11.2. The minimum Gasteiger partial charge on any atom is -0.491 e. The van der Waals surface area contributed by atoms with Crippen molar-refractivity contribution in [2.75, 3.05) is 0 Å². The Kier molecular flexibility index (Phi) is 5.30. The summed E-state index contributed by atoms with van der Waals surface area (Å²) in [7, 11) is 0. The smallest absolute Gasteiger partial charge is 0.319 e. The molecule has 0 aliphatic heterocycles. The lowest BCUT2D eigenvalue weighted by molar-refractivity contribution is -0.115. The highest BCUT2D eigenvalue weighted by Crippen LogP contribution is 2.15. The van der Waals surface area contributed by atoms with Crippen LogP contribution in [0.15, 0.2) is 29.8 Å². The molecule has 3 N–H and O–H groups in total. The Morgan fingerprint density at radius 2 is 1.95 bits per heavy atom. The molecule has 20 heavy (non-hydrogen) atoms. The molecule has 1 rings (SSSR count). The highest BCUT2D eigenvalue weighted by atomic mass is 16.5. The first-order chi connectivity index (χ1) is 9.42. The first kappa shape index (κ1) is 15.2. The molecule has 6 heteroatoms. The number of benzene rings is 1. The topological polar surface area (TPSA) is 105 Å². The summed E-state index contributed by atoms with van der Waals surface area (Å²) in [6, 6.07) is 7.57. The van der Waals surface area contributed by atoms with E-state index in [2.05, 4.69) is 0 Å². The molecular formula is C14H15N3O3. The molecule has 3 amide bonds. The van der Waals surface area contributed by atoms with Crippen LogP contribution >= 0.6 is 0 Å². The molecule has 0 radical (unpaired) electrons. The van der Waals surface area contributed by atoms with Crippen LogP contribution in [0.2, 0.25) is 0 Å². The van der Waals surface area contributed by atoms with Gasteiger partial charge in [-0.3, -0.25) is 10.1 Å². The van der Waals surface area contributed by atoms with Crippen LogP contribution in [0.25, 0.3) is 6.08 Å². The number of nitrogens with zero attached hydrogens (tertiary/aromatic N) is 1. The summed E-state index contributed by atoms with van der Waals surface area (Å²) in [4.78, 5) is 22.0. The van der Waals surface area contributed by atoms with Crippen LogP contribution in [0.3, 0.4) is 0 Å². The van der Waals surface area contributed by atoms with Gasteiger partial charge < -0.3 is 10.5 Å². The molecule has 0 heterocycles. The molecule has 6 nitrogen and oxygen atoms in total. The molecular weight excluding hydrogens is 258 g/mol. The zero-order chi connectivity index (χ0) is 15.1. The number of hydrogen-bond donors (Lipinski definition) is 2. The van der Waals surface area contributed by atoms with Gasteiger partial charge in [0.2, 0.25) is 0 Å². The van der Waals surface area contributed by atoms with Gasteiger partial charge in [0, 0.05) is 0 Å². The molecule has 0 spiro atoms. The van der Waals surface area contributed by atoms with Crippen molar-refractivity contribution in [1.29, 1.82) is 5.26 Å². The number of ether oxygens (including phenoxy) is 1. The third-order valence-electron chi connectivity index (χ3n) is 2.16. The number of nitrogens with one attached hydrogen (secondary N) is 1. The van der Waals surface area contributed by atoms with Crippen molar-refractivity contribution >= 4 is 18.0 Å². The number of urea groups is 1. The fourth-order valence-corrected chi connectivity index (χ4v) is 1.41. The molecule has 0 atom stereocenters. The van der Waals surface area contributed by atoms with Crippen LogP contribution < -0.4 is 15.8 Å². The van der Waals surface area contributed by atoms with Crippen molar-refractivity contribution in [3.05, 3.63) is 35.4 Å². The van der Waals surface area contributed by atoms with Crippen LogP contribution in [0.5, 0.6) is 5.75 Å². The second kappa shape index (κ2) is 6.95. The van der Waals surface area contributed by atoms with Crippen molar-refractivity contribution in [1.82, 2.24) is 5.32 Å². The number of imide groups is 1. The molecule has 0 bridgehead atoms. The van der Waals surface area contributed by atoms with Crippen LogP contribution in [0, 0.1) is 11.3 Å². The van der Waals surface area contributed by atoms with E-state index in [1.54, 1.807) is 30.3 Å². The molecule has 0 aliphatic rings. The van der Waals surface area contributed by atoms with E-state index in [4.69, 9.17) is 15.7 Å². The normalized spacial score (nSPS) is 10.8. The summed E-state index contributed by atoms with van der Waals surface area (Å²) in [6.45, 7) is 3.82. The number of nitriles is 1. The standard InChI is InChI=1S/C14H15N3O3/c1-9(2)20-12-5-3-10(4-6-12)7-11(8-15)13(18)17-14(16)19/h3-7,9H,1-2H3,(H3,16,17,18,19)/b11-7-. The van der Waals surface area contributed by atoms with Crippen LogP contribution in [0.4, 0.5) is 4.79 Å². The average Bonchev–Trinajstić information content (AvgIpc) is 2.36. The predicted octanol–water partition coefficient (Wildman–Crippen LogP) is 1.58. The van der Waals surface area contributed by atoms with Gasteiger partial charge in [0.25, 0.3) is 5.91 Å². The molecule has 0 aliphatic carbocycles. The van der Waals surface area contributed by atoms with E-state index in [0.717, 1.165) is 0 Å². The number of primary amides is 1. The molecule has 0 saturated heterocycles. The fraction of sp³-hybridized carbons (Fsp3) is 0.214. The van der Waals surface area contributed by atoms with Gasteiger partial charge in [-0.05, 0) is 37.6 Å². The third kappa shape index (κ3) is 4.82. The number of nitrogens with two attached hydrogens (primary N) is 1. The number of carbonyl (C=O) groups excluding carboxylic acids is 2. The van der Waals surface area contributed by atoms with E-state index >= 15 is 0 Å². The first-order valence-electron chi connectivity index (χ1n) is 5.91. The maximum absolute atomic E-state index is 11.5. The molecule has 0 fully saturated rings. The van der Waals surface area contributed by atoms with Gasteiger partial charge in [0.05, 0.1) is 6.10 Å². The summed E-state index contributed by atoms with van der Waals surface area (Å²) in [5.41, 5.74) is 5.25. The van der Waals surface area contributed by atoms with E-state index < -0.39 is 11.9 Å². The van der Waals surface area contributed by atoms with Crippen molar-refractivity contribution in [2.45, 2.75) is 20.0 Å². The third-order valence-corrected chi connectivity index (χ3v) is 2.16. The Bertz CT molecular complexity index is 568. The van der Waals surface area contributed by atoms with E-state index in [9.17, 15) is 9.59 Å². The summed E-state index contributed by atoms with van der Waals surface area (Å²) < 4.78 is 5.47. The number of hydrogen-bond acceptors (Lipinski definition) is 4. The maximum Gasteiger partial charge on any atom is 0.319 e. The Morgan fingerprint density at radius 1 is 1.35 bits per heavy atom. The second-order valence-corrected chi connectivity index (χ2v) is 4.22. The maximum atomic E-state index is 11.5. The van der Waals surface area contributed by atoms with Gasteiger partial charge in [0.15, 0.2) is 0 Å². The van der Waals surface area contributed by atoms with Crippen LogP contribution in [0.1, 0.15) is 19.4 Å². The lowest BCUT2D eigenvalue weighted by Crippen LogP contribution is -2.35. The minimum absolute atomic E-state index is 0.0624. The van der Waals surface area contributed by atoms with Crippen LogP contribution in [-0.2, 0) is 4.79 Å². The van der Waals surface area contributed by atoms with E-state index in [1.165, 1.54) is 6.08 Å². The Morgan fingerprint density at radius 3 is 2.40 bits per heavy atom. The van der Waals surface area contributed by atoms with Crippen molar-refractivity contribution in [3.63, 3.8) is 0 Å². The monoisotopic (exact) mass is 273 g/mol. The quantitative estimate of drug-likeness (QED) is 0.641. The molecule has 0 saturated carbocycles. The Hall–Kier alpha value is -2.81. The number of carbonyl (C=O) groups is 2. The van der Waals surface area contributed by atoms with Gasteiger partial charge in [-0.15, -0.1) is 0 Å². The van der Waals surface area contributed by atoms with E-state index in [1.807, 2.05) is 19.2 Å². The van der Waals surface area contributed by atoms with E-state index in [-0.39, 0.29) is 11.7 Å². The van der Waals surface area contributed by atoms with Crippen molar-refractivity contribution in [3.8, 4) is 11.8 Å². The minimum atomic E-state index is -1.00. The second-order valence-electron chi connectivity index (χ2n) is 4.22. The number of amides is 3. The molecule has 1 aromatic rings. The highest BCUT2D eigenvalue weighted by Gasteiger charge is 2.10. The summed E-state index contributed by atoms with van der Waals surface area (Å²) in [5, 5.41) is 10.7. The average molecular weight is 273 g/mol. The van der Waals surface area contributed by atoms with Gasteiger partial charge >= 0.3 is 6.03 Å². The first-order valence-corrected chi connectivity index (χ1v) is 5.91. The van der Waals surface area contributed by atoms with Gasteiger partial charge in [-0.1, -0.05) is 12.1 Å².